The summed E-state index contributed by atoms with van der Waals surface area (Å²) >= 11 is 0. The van der Waals surface area contributed by atoms with Crippen LogP contribution in [0.25, 0.3) is 0 Å². The molecular weight excluding hydrogens is 294 g/mol. The van der Waals surface area contributed by atoms with Gasteiger partial charge in [0, 0.05) is 26.2 Å². The fourth-order valence-corrected chi connectivity index (χ4v) is 2.64. The number of nitrogens with zero attached hydrogens (tertiary/aromatic N) is 4. The van der Waals surface area contributed by atoms with E-state index in [-0.39, 0.29) is 5.91 Å². The average Bonchev–Trinajstić information content (AvgIpc) is 2.78. The molecule has 0 radical (unpaired) electrons. The van der Waals surface area contributed by atoms with Gasteiger partial charge < -0.3 is 14.2 Å². The number of fused-ring (bicyclic) bond motifs is 1. The molecule has 3 rings (SSSR count). The van der Waals surface area contributed by atoms with Crippen LogP contribution in [0.15, 0.2) is 24.3 Å². The maximum atomic E-state index is 12.9. The number of carbonyl (C=O) groups is 1. The monoisotopic (exact) mass is 315 g/mol. The number of nitrogens with one attached hydrogen (secondary N) is 1. The molecule has 0 saturated heterocycles. The molecular formula is C16H21N5O2. The van der Waals surface area contributed by atoms with Crippen LogP contribution < -0.4 is 10.1 Å². The normalized spacial score (nSPS) is 17.1. The van der Waals surface area contributed by atoms with Gasteiger partial charge in [0.2, 0.25) is 5.91 Å². The number of aromatic nitrogens is 3. The van der Waals surface area contributed by atoms with E-state index in [1.54, 1.807) is 11.9 Å². The van der Waals surface area contributed by atoms with Crippen molar-refractivity contribution in [3.8, 4) is 5.75 Å². The van der Waals surface area contributed by atoms with Gasteiger partial charge >= 0.3 is 0 Å². The molecule has 1 amide bonds. The first kappa shape index (κ1) is 15.5. The van der Waals surface area contributed by atoms with Crippen LogP contribution in [-0.2, 0) is 18.4 Å². The predicted molar refractivity (Wildman–Crippen MR) is 84.9 cm³/mol. The lowest BCUT2D eigenvalue weighted by Crippen LogP contribution is -2.39. The van der Waals surface area contributed by atoms with Crippen molar-refractivity contribution in [2.45, 2.75) is 19.5 Å². The van der Waals surface area contributed by atoms with Crippen LogP contribution in [0.5, 0.6) is 5.75 Å². The van der Waals surface area contributed by atoms with Crippen molar-refractivity contribution in [3.63, 3.8) is 0 Å². The van der Waals surface area contributed by atoms with E-state index >= 15 is 0 Å². The minimum atomic E-state index is -0.409. The average molecular weight is 315 g/mol. The number of carbonyl (C=O) groups excluding carboxylic acids is 1. The number of para-hydroxylation sites is 1. The fourth-order valence-electron chi connectivity index (χ4n) is 2.64. The number of hydrogen-bond donors (Lipinski definition) is 1. The van der Waals surface area contributed by atoms with Crippen LogP contribution in [0.1, 0.15) is 23.3 Å². The van der Waals surface area contributed by atoms with Gasteiger partial charge in [-0.25, -0.2) is 0 Å². The maximum Gasteiger partial charge on any atom is 0.244 e. The van der Waals surface area contributed by atoms with Crippen molar-refractivity contribution in [3.05, 3.63) is 41.5 Å². The Bertz CT molecular complexity index is 712. The lowest BCUT2D eigenvalue weighted by molar-refractivity contribution is -0.133. The van der Waals surface area contributed by atoms with Gasteiger partial charge in [-0.3, -0.25) is 10.1 Å². The molecule has 0 unspecified atom stereocenters. The van der Waals surface area contributed by atoms with Crippen molar-refractivity contribution >= 4 is 5.91 Å². The van der Waals surface area contributed by atoms with Gasteiger partial charge in [0.15, 0.2) is 5.82 Å². The van der Waals surface area contributed by atoms with E-state index < -0.39 is 6.04 Å². The summed E-state index contributed by atoms with van der Waals surface area (Å²) in [7, 11) is 3.68. The third-order valence-corrected chi connectivity index (χ3v) is 4.12. The number of rotatable bonds is 3. The molecule has 0 fully saturated rings. The van der Waals surface area contributed by atoms with E-state index in [9.17, 15) is 4.79 Å². The van der Waals surface area contributed by atoms with Gasteiger partial charge in [0.25, 0.3) is 0 Å². The van der Waals surface area contributed by atoms with Crippen molar-refractivity contribution in [1.29, 1.82) is 0 Å². The van der Waals surface area contributed by atoms with Gasteiger partial charge in [0.1, 0.15) is 24.2 Å². The molecule has 7 heteroatoms. The Morgan fingerprint density at radius 3 is 2.96 bits per heavy atom. The van der Waals surface area contributed by atoms with E-state index in [4.69, 9.17) is 4.74 Å². The first-order chi connectivity index (χ1) is 11.1. The van der Waals surface area contributed by atoms with E-state index in [2.05, 4.69) is 15.5 Å². The number of ether oxygens (including phenoxy) is 1. The summed E-state index contributed by atoms with van der Waals surface area (Å²) in [6.45, 7) is 3.48. The van der Waals surface area contributed by atoms with Crippen LogP contribution in [0.2, 0.25) is 0 Å². The molecule has 1 aliphatic heterocycles. The lowest BCUT2D eigenvalue weighted by atomic mass is 10.0. The van der Waals surface area contributed by atoms with Gasteiger partial charge in [0.05, 0.1) is 6.54 Å². The molecule has 1 atom stereocenters. The third kappa shape index (κ3) is 3.05. The second kappa shape index (κ2) is 6.37. The zero-order valence-corrected chi connectivity index (χ0v) is 13.6. The van der Waals surface area contributed by atoms with Crippen molar-refractivity contribution in [1.82, 2.24) is 25.0 Å². The second-order valence-electron chi connectivity index (χ2n) is 5.69. The third-order valence-electron chi connectivity index (χ3n) is 4.12. The highest BCUT2D eigenvalue weighted by Crippen LogP contribution is 2.28. The van der Waals surface area contributed by atoms with Crippen molar-refractivity contribution in [2.75, 3.05) is 20.2 Å². The number of hydrogen-bond acceptors (Lipinski definition) is 5. The highest BCUT2D eigenvalue weighted by Gasteiger charge is 2.28. The van der Waals surface area contributed by atoms with Crippen molar-refractivity contribution < 1.29 is 9.53 Å². The molecule has 2 aromatic rings. The molecule has 0 saturated carbocycles. The summed E-state index contributed by atoms with van der Waals surface area (Å²) in [5.74, 6) is 2.34. The molecule has 0 bridgehead atoms. The first-order valence-corrected chi connectivity index (χ1v) is 7.63. The molecule has 23 heavy (non-hydrogen) atoms. The molecule has 7 nitrogen and oxygen atoms in total. The lowest BCUT2D eigenvalue weighted by Gasteiger charge is -2.23. The van der Waals surface area contributed by atoms with Crippen LogP contribution in [-0.4, -0.2) is 45.8 Å². The Kier molecular flexibility index (Phi) is 4.29. The zero-order valence-electron chi connectivity index (χ0n) is 13.6. The SMILES string of the molecule is Cc1nnc(CN(C)C(=O)[C@@H]2NCCOc3ccccc32)n1C. The minimum absolute atomic E-state index is 0.0106. The quantitative estimate of drug-likeness (QED) is 0.907. The highest BCUT2D eigenvalue weighted by molar-refractivity contribution is 5.84. The largest absolute Gasteiger partial charge is 0.492 e. The Balaban J connectivity index is 1.80. The number of amides is 1. The molecule has 1 aromatic heterocycles. The van der Waals surface area contributed by atoms with E-state index in [1.807, 2.05) is 42.8 Å². The Hall–Kier alpha value is -2.41. The summed E-state index contributed by atoms with van der Waals surface area (Å²) in [6.07, 6.45) is 0. The molecule has 1 aromatic carbocycles. The fraction of sp³-hybridized carbons (Fsp3) is 0.438. The summed E-state index contributed by atoms with van der Waals surface area (Å²) in [5, 5.41) is 11.4. The standard InChI is InChI=1S/C16H21N5O2/c1-11-18-19-14(21(11)3)10-20(2)16(22)15-12-6-4-5-7-13(12)23-9-8-17-15/h4-7,15,17H,8-10H2,1-3H3/t15-/m1/s1. The highest BCUT2D eigenvalue weighted by atomic mass is 16.5. The van der Waals surface area contributed by atoms with E-state index in [0.29, 0.717) is 19.7 Å². The topological polar surface area (TPSA) is 72.3 Å². The Morgan fingerprint density at radius 2 is 2.22 bits per heavy atom. The van der Waals surface area contributed by atoms with Crippen LogP contribution in [0.3, 0.4) is 0 Å². The van der Waals surface area contributed by atoms with Crippen LogP contribution >= 0.6 is 0 Å². The smallest absolute Gasteiger partial charge is 0.244 e. The summed E-state index contributed by atoms with van der Waals surface area (Å²) < 4.78 is 7.58. The zero-order chi connectivity index (χ0) is 16.4. The second-order valence-corrected chi connectivity index (χ2v) is 5.69. The summed E-state index contributed by atoms with van der Waals surface area (Å²) in [4.78, 5) is 14.6. The molecule has 1 N–H and O–H groups in total. The van der Waals surface area contributed by atoms with Crippen LogP contribution in [0.4, 0.5) is 0 Å². The van der Waals surface area contributed by atoms with Gasteiger partial charge in [-0.05, 0) is 13.0 Å². The molecule has 0 aliphatic carbocycles. The van der Waals surface area contributed by atoms with Gasteiger partial charge in [-0.15, -0.1) is 10.2 Å². The molecule has 122 valence electrons. The molecule has 2 heterocycles. The first-order valence-electron chi connectivity index (χ1n) is 7.63. The van der Waals surface area contributed by atoms with Gasteiger partial charge in [-0.2, -0.15) is 0 Å². The number of aryl methyl sites for hydroxylation is 1. The molecule has 0 spiro atoms. The summed E-state index contributed by atoms with van der Waals surface area (Å²) in [6, 6.07) is 7.25. The molecule has 1 aliphatic rings. The van der Waals surface area contributed by atoms with E-state index in [1.165, 1.54) is 0 Å². The van der Waals surface area contributed by atoms with Crippen molar-refractivity contribution in [2.24, 2.45) is 7.05 Å². The number of benzene rings is 1. The number of likely N-dealkylation sites (N-methyl/N-ethyl adjacent to an activating group) is 1. The Labute approximate surface area is 135 Å². The van der Waals surface area contributed by atoms with Crippen LogP contribution in [0, 0.1) is 6.92 Å². The predicted octanol–water partition coefficient (Wildman–Crippen LogP) is 0.805. The minimum Gasteiger partial charge on any atom is -0.492 e. The van der Waals surface area contributed by atoms with Gasteiger partial charge in [-0.1, -0.05) is 18.2 Å². The summed E-state index contributed by atoms with van der Waals surface area (Å²) in [5.41, 5.74) is 0.871. The maximum absolute atomic E-state index is 12.9. The Morgan fingerprint density at radius 1 is 1.43 bits per heavy atom. The van der Waals surface area contributed by atoms with E-state index in [0.717, 1.165) is 23.0 Å².